The number of rotatable bonds is 1. The van der Waals surface area contributed by atoms with Crippen molar-refractivity contribution in [2.75, 3.05) is 13.1 Å². The smallest absolute Gasteiger partial charge is 0.259 e. The van der Waals surface area contributed by atoms with Gasteiger partial charge in [-0.2, -0.15) is 0 Å². The van der Waals surface area contributed by atoms with E-state index in [2.05, 4.69) is 5.16 Å². The highest BCUT2D eigenvalue weighted by Gasteiger charge is 2.41. The standard InChI is InChI=1S/C14H21N3O2/c1-8-13(9(2)19-16-8)14(18)17-6-10-4-3-5-12(15)11(10)7-17/h10-12H,3-7,15H2,1-2H3. The molecule has 2 N–H and O–H groups in total. The molecule has 2 fully saturated rings. The fourth-order valence-corrected chi connectivity index (χ4v) is 3.63. The van der Waals surface area contributed by atoms with E-state index in [-0.39, 0.29) is 11.9 Å². The van der Waals surface area contributed by atoms with Crippen LogP contribution in [0.3, 0.4) is 0 Å². The number of nitrogens with zero attached hydrogens (tertiary/aromatic N) is 2. The number of aromatic nitrogens is 1. The van der Waals surface area contributed by atoms with Crippen LogP contribution in [0.15, 0.2) is 4.52 Å². The Kier molecular flexibility index (Phi) is 3.09. The number of aryl methyl sites for hydroxylation is 2. The summed E-state index contributed by atoms with van der Waals surface area (Å²) < 4.78 is 5.09. The number of carbonyl (C=O) groups is 1. The molecular formula is C14H21N3O2. The first-order valence-corrected chi connectivity index (χ1v) is 7.05. The van der Waals surface area contributed by atoms with Crippen LogP contribution in [-0.4, -0.2) is 35.1 Å². The van der Waals surface area contributed by atoms with E-state index < -0.39 is 0 Å². The Bertz CT molecular complexity index is 477. The molecule has 3 atom stereocenters. The van der Waals surface area contributed by atoms with Gasteiger partial charge in [0.1, 0.15) is 11.3 Å². The summed E-state index contributed by atoms with van der Waals surface area (Å²) in [5.41, 5.74) is 7.51. The van der Waals surface area contributed by atoms with E-state index in [1.54, 1.807) is 6.92 Å². The van der Waals surface area contributed by atoms with Crippen molar-refractivity contribution < 1.29 is 9.32 Å². The van der Waals surface area contributed by atoms with Crippen LogP contribution in [-0.2, 0) is 0 Å². The lowest BCUT2D eigenvalue weighted by atomic mass is 9.78. The minimum atomic E-state index is 0.0536. The molecule has 1 aliphatic heterocycles. The van der Waals surface area contributed by atoms with Gasteiger partial charge < -0.3 is 15.2 Å². The third-order valence-corrected chi connectivity index (χ3v) is 4.69. The van der Waals surface area contributed by atoms with Gasteiger partial charge in [-0.1, -0.05) is 11.6 Å². The highest BCUT2D eigenvalue weighted by Crippen LogP contribution is 2.36. The van der Waals surface area contributed by atoms with E-state index in [1.807, 2.05) is 11.8 Å². The quantitative estimate of drug-likeness (QED) is 0.833. The summed E-state index contributed by atoms with van der Waals surface area (Å²) >= 11 is 0. The Balaban J connectivity index is 1.79. The van der Waals surface area contributed by atoms with Crippen molar-refractivity contribution in [2.45, 2.75) is 39.2 Å². The summed E-state index contributed by atoms with van der Waals surface area (Å²) in [6.45, 7) is 5.23. The Labute approximate surface area is 113 Å². The fraction of sp³-hybridized carbons (Fsp3) is 0.714. The second-order valence-electron chi connectivity index (χ2n) is 5.93. The molecule has 2 aliphatic rings. The van der Waals surface area contributed by atoms with Crippen molar-refractivity contribution in [3.8, 4) is 0 Å². The first-order chi connectivity index (χ1) is 9.08. The molecule has 104 valence electrons. The molecule has 1 aromatic heterocycles. The number of fused-ring (bicyclic) bond motifs is 1. The van der Waals surface area contributed by atoms with Crippen LogP contribution in [0.25, 0.3) is 0 Å². The van der Waals surface area contributed by atoms with E-state index in [0.29, 0.717) is 28.9 Å². The largest absolute Gasteiger partial charge is 0.361 e. The molecule has 3 unspecified atom stereocenters. The summed E-state index contributed by atoms with van der Waals surface area (Å²) in [4.78, 5) is 14.5. The van der Waals surface area contributed by atoms with Crippen molar-refractivity contribution in [1.82, 2.24) is 10.1 Å². The molecule has 0 spiro atoms. The summed E-state index contributed by atoms with van der Waals surface area (Å²) in [5.74, 6) is 1.71. The molecule has 19 heavy (non-hydrogen) atoms. The number of hydrogen-bond donors (Lipinski definition) is 1. The predicted molar refractivity (Wildman–Crippen MR) is 70.7 cm³/mol. The molecule has 5 heteroatoms. The van der Waals surface area contributed by atoms with E-state index in [1.165, 1.54) is 12.8 Å². The lowest BCUT2D eigenvalue weighted by Crippen LogP contribution is -2.38. The molecule has 0 radical (unpaired) electrons. The van der Waals surface area contributed by atoms with Gasteiger partial charge in [-0.05, 0) is 38.5 Å². The van der Waals surface area contributed by atoms with Gasteiger partial charge in [0, 0.05) is 19.1 Å². The highest BCUT2D eigenvalue weighted by atomic mass is 16.5. The van der Waals surface area contributed by atoms with Crippen molar-refractivity contribution in [3.63, 3.8) is 0 Å². The molecule has 1 saturated carbocycles. The molecule has 1 aromatic rings. The highest BCUT2D eigenvalue weighted by molar-refractivity contribution is 5.96. The summed E-state index contributed by atoms with van der Waals surface area (Å²) in [6, 6.07) is 0.251. The van der Waals surface area contributed by atoms with Gasteiger partial charge >= 0.3 is 0 Å². The van der Waals surface area contributed by atoms with Crippen LogP contribution in [0.1, 0.15) is 41.1 Å². The summed E-state index contributed by atoms with van der Waals surface area (Å²) in [7, 11) is 0. The molecule has 3 rings (SSSR count). The Morgan fingerprint density at radius 1 is 1.37 bits per heavy atom. The van der Waals surface area contributed by atoms with Crippen molar-refractivity contribution >= 4 is 5.91 Å². The third-order valence-electron chi connectivity index (χ3n) is 4.69. The zero-order valence-corrected chi connectivity index (χ0v) is 11.6. The number of likely N-dealkylation sites (tertiary alicyclic amines) is 1. The van der Waals surface area contributed by atoms with E-state index in [9.17, 15) is 4.79 Å². The number of carbonyl (C=O) groups excluding carboxylic acids is 1. The molecular weight excluding hydrogens is 242 g/mol. The summed E-state index contributed by atoms with van der Waals surface area (Å²) in [6.07, 6.45) is 3.48. The number of hydrogen-bond acceptors (Lipinski definition) is 4. The number of amides is 1. The van der Waals surface area contributed by atoms with Crippen molar-refractivity contribution in [1.29, 1.82) is 0 Å². The third kappa shape index (κ3) is 2.06. The van der Waals surface area contributed by atoms with Crippen LogP contribution in [0.4, 0.5) is 0 Å². The predicted octanol–water partition coefficient (Wildman–Crippen LogP) is 1.49. The molecule has 1 aliphatic carbocycles. The van der Waals surface area contributed by atoms with Gasteiger partial charge in [-0.15, -0.1) is 0 Å². The average Bonchev–Trinajstić information content (AvgIpc) is 2.94. The summed E-state index contributed by atoms with van der Waals surface area (Å²) in [5, 5.41) is 3.87. The fourth-order valence-electron chi connectivity index (χ4n) is 3.63. The zero-order valence-electron chi connectivity index (χ0n) is 11.6. The van der Waals surface area contributed by atoms with Gasteiger partial charge in [0.15, 0.2) is 0 Å². The maximum Gasteiger partial charge on any atom is 0.259 e. The number of nitrogens with two attached hydrogens (primary N) is 1. The van der Waals surface area contributed by atoms with Crippen LogP contribution in [0.2, 0.25) is 0 Å². The van der Waals surface area contributed by atoms with Gasteiger partial charge in [0.05, 0.1) is 5.69 Å². The second kappa shape index (κ2) is 4.63. The van der Waals surface area contributed by atoms with Gasteiger partial charge in [0.2, 0.25) is 0 Å². The topological polar surface area (TPSA) is 72.4 Å². The second-order valence-corrected chi connectivity index (χ2v) is 5.93. The normalized spacial score (nSPS) is 30.5. The van der Waals surface area contributed by atoms with Gasteiger partial charge in [-0.3, -0.25) is 4.79 Å². The minimum absolute atomic E-state index is 0.0536. The zero-order chi connectivity index (χ0) is 13.6. The van der Waals surface area contributed by atoms with Crippen LogP contribution >= 0.6 is 0 Å². The maximum absolute atomic E-state index is 12.6. The maximum atomic E-state index is 12.6. The van der Waals surface area contributed by atoms with E-state index >= 15 is 0 Å². The van der Waals surface area contributed by atoms with Crippen LogP contribution in [0.5, 0.6) is 0 Å². The molecule has 2 heterocycles. The monoisotopic (exact) mass is 263 g/mol. The first-order valence-electron chi connectivity index (χ1n) is 7.05. The molecule has 1 amide bonds. The van der Waals surface area contributed by atoms with Crippen molar-refractivity contribution in [3.05, 3.63) is 17.0 Å². The first kappa shape index (κ1) is 12.7. The molecule has 0 aromatic carbocycles. The minimum Gasteiger partial charge on any atom is -0.361 e. The molecule has 0 bridgehead atoms. The van der Waals surface area contributed by atoms with Crippen molar-refractivity contribution in [2.24, 2.45) is 17.6 Å². The average molecular weight is 263 g/mol. The Morgan fingerprint density at radius 3 is 2.79 bits per heavy atom. The van der Waals surface area contributed by atoms with E-state index in [4.69, 9.17) is 10.3 Å². The lowest BCUT2D eigenvalue weighted by Gasteiger charge is -2.29. The van der Waals surface area contributed by atoms with E-state index in [0.717, 1.165) is 19.5 Å². The molecule has 1 saturated heterocycles. The van der Waals surface area contributed by atoms with Crippen LogP contribution in [0, 0.1) is 25.7 Å². The Morgan fingerprint density at radius 2 is 2.16 bits per heavy atom. The molecule has 5 nitrogen and oxygen atoms in total. The lowest BCUT2D eigenvalue weighted by molar-refractivity contribution is 0.0781. The van der Waals surface area contributed by atoms with Gasteiger partial charge in [-0.25, -0.2) is 0 Å². The van der Waals surface area contributed by atoms with Gasteiger partial charge in [0.25, 0.3) is 5.91 Å². The van der Waals surface area contributed by atoms with Crippen LogP contribution < -0.4 is 5.73 Å². The SMILES string of the molecule is Cc1noc(C)c1C(=O)N1CC2CCCC(N)C2C1. The Hall–Kier alpha value is -1.36.